The molecule has 35 heavy (non-hydrogen) atoms. The van der Waals surface area contributed by atoms with Gasteiger partial charge in [0.15, 0.2) is 23.0 Å². The third kappa shape index (κ3) is 3.54. The summed E-state index contributed by atoms with van der Waals surface area (Å²) in [6, 6.07) is 2.10. The van der Waals surface area contributed by atoms with Crippen molar-refractivity contribution in [2.24, 2.45) is 7.05 Å². The van der Waals surface area contributed by atoms with Gasteiger partial charge in [-0.25, -0.2) is 14.5 Å². The lowest BCUT2D eigenvalue weighted by atomic mass is 9.82. The van der Waals surface area contributed by atoms with Crippen LogP contribution in [-0.2, 0) is 19.0 Å². The Morgan fingerprint density at radius 2 is 1.97 bits per heavy atom. The standard InChI is InChI=1S/C23H25ClN10O/c1-23(2)6-5-7-33-16(23)8-17(31-33)29-22-30-21-20(32(22)4)19(24)15(10-27-21)35-14-11-28-34-12-18(25-3)26-9-13(14)34/h8-12,25H,5-7H2,1-4H3,(H,27,29,30,31). The zero-order chi connectivity index (χ0) is 24.3. The van der Waals surface area contributed by atoms with Crippen molar-refractivity contribution >= 4 is 45.9 Å². The number of hydrogen-bond acceptors (Lipinski definition) is 8. The van der Waals surface area contributed by atoms with Crippen LogP contribution in [0.4, 0.5) is 17.6 Å². The Labute approximate surface area is 206 Å². The number of aromatic nitrogens is 8. The van der Waals surface area contributed by atoms with Crippen molar-refractivity contribution in [1.29, 1.82) is 0 Å². The first-order chi connectivity index (χ1) is 16.8. The van der Waals surface area contributed by atoms with Gasteiger partial charge in [0.05, 0.1) is 24.8 Å². The Bertz CT molecular complexity index is 1580. The molecule has 2 N–H and O–H groups in total. The fraction of sp³-hybridized carbons (Fsp3) is 0.348. The summed E-state index contributed by atoms with van der Waals surface area (Å²) in [5.74, 6) is 2.97. The zero-order valence-corrected chi connectivity index (χ0v) is 20.6. The van der Waals surface area contributed by atoms with Gasteiger partial charge in [-0.2, -0.15) is 15.2 Å². The second-order valence-corrected chi connectivity index (χ2v) is 9.69. The van der Waals surface area contributed by atoms with Crippen molar-refractivity contribution in [1.82, 2.24) is 38.9 Å². The molecule has 0 spiro atoms. The molecule has 0 unspecified atom stereocenters. The van der Waals surface area contributed by atoms with Crippen LogP contribution >= 0.6 is 11.6 Å². The number of imidazole rings is 1. The molecule has 0 fully saturated rings. The Morgan fingerprint density at radius 3 is 2.77 bits per heavy atom. The summed E-state index contributed by atoms with van der Waals surface area (Å²) in [4.78, 5) is 13.4. The van der Waals surface area contributed by atoms with Crippen molar-refractivity contribution in [3.05, 3.63) is 41.6 Å². The first-order valence-corrected chi connectivity index (χ1v) is 11.8. The molecule has 0 amide bonds. The molecule has 5 aromatic rings. The highest BCUT2D eigenvalue weighted by molar-refractivity contribution is 6.36. The van der Waals surface area contributed by atoms with Gasteiger partial charge in [0.1, 0.15) is 21.9 Å². The minimum atomic E-state index is 0.0941. The summed E-state index contributed by atoms with van der Waals surface area (Å²) in [5, 5.41) is 15.8. The summed E-state index contributed by atoms with van der Waals surface area (Å²) in [5.41, 5.74) is 3.19. The van der Waals surface area contributed by atoms with Gasteiger partial charge in [0, 0.05) is 37.8 Å². The van der Waals surface area contributed by atoms with E-state index in [-0.39, 0.29) is 5.41 Å². The molecule has 1 aliphatic heterocycles. The lowest BCUT2D eigenvalue weighted by molar-refractivity contribution is 0.344. The van der Waals surface area contributed by atoms with Crippen molar-refractivity contribution in [2.75, 3.05) is 17.7 Å². The van der Waals surface area contributed by atoms with Crippen LogP contribution in [0.25, 0.3) is 16.7 Å². The molecule has 0 bridgehead atoms. The summed E-state index contributed by atoms with van der Waals surface area (Å²) in [6.07, 6.45) is 8.92. The molecular weight excluding hydrogens is 468 g/mol. The lowest BCUT2D eigenvalue weighted by Gasteiger charge is -2.30. The molecular formula is C23H25ClN10O. The topological polar surface area (TPSA) is 112 Å². The molecule has 12 heteroatoms. The molecule has 0 saturated heterocycles. The fourth-order valence-electron chi connectivity index (χ4n) is 4.59. The van der Waals surface area contributed by atoms with E-state index in [1.165, 1.54) is 5.69 Å². The largest absolute Gasteiger partial charge is 0.450 e. The number of ether oxygens (including phenoxy) is 1. The maximum atomic E-state index is 6.77. The van der Waals surface area contributed by atoms with Gasteiger partial charge in [-0.05, 0) is 12.8 Å². The van der Waals surface area contributed by atoms with E-state index in [1.807, 2.05) is 11.6 Å². The fourth-order valence-corrected chi connectivity index (χ4v) is 4.89. The number of hydrogen-bond donors (Lipinski definition) is 2. The Kier molecular flexibility index (Phi) is 4.85. The number of pyridine rings is 1. The van der Waals surface area contributed by atoms with E-state index in [4.69, 9.17) is 21.4 Å². The van der Waals surface area contributed by atoms with E-state index in [0.717, 1.165) is 25.2 Å². The summed E-state index contributed by atoms with van der Waals surface area (Å²) < 4.78 is 11.7. The van der Waals surface area contributed by atoms with Crippen molar-refractivity contribution < 1.29 is 4.74 Å². The van der Waals surface area contributed by atoms with Crippen LogP contribution in [0.3, 0.4) is 0 Å². The predicted octanol–water partition coefficient (Wildman–Crippen LogP) is 4.51. The molecule has 0 aromatic carbocycles. The van der Waals surface area contributed by atoms with Gasteiger partial charge >= 0.3 is 0 Å². The summed E-state index contributed by atoms with van der Waals surface area (Å²) >= 11 is 6.77. The second-order valence-electron chi connectivity index (χ2n) is 9.32. The van der Waals surface area contributed by atoms with E-state index in [2.05, 4.69) is 55.3 Å². The number of fused-ring (bicyclic) bond motifs is 3. The molecule has 0 saturated carbocycles. The van der Waals surface area contributed by atoms with Crippen LogP contribution in [0.15, 0.2) is 30.9 Å². The Balaban J connectivity index is 1.33. The van der Waals surface area contributed by atoms with Crippen molar-refractivity contribution in [2.45, 2.75) is 38.6 Å². The van der Waals surface area contributed by atoms with Crippen LogP contribution in [0.1, 0.15) is 32.4 Å². The number of nitrogens with zero attached hydrogens (tertiary/aromatic N) is 8. The molecule has 180 valence electrons. The van der Waals surface area contributed by atoms with Gasteiger partial charge < -0.3 is 19.9 Å². The van der Waals surface area contributed by atoms with Crippen LogP contribution in [0, 0.1) is 0 Å². The average molecular weight is 493 g/mol. The van der Waals surface area contributed by atoms with Crippen molar-refractivity contribution in [3.63, 3.8) is 0 Å². The minimum Gasteiger partial charge on any atom is -0.450 e. The molecule has 6 rings (SSSR count). The molecule has 6 heterocycles. The van der Waals surface area contributed by atoms with E-state index in [0.29, 0.717) is 45.0 Å². The monoisotopic (exact) mass is 492 g/mol. The van der Waals surface area contributed by atoms with Gasteiger partial charge in [-0.1, -0.05) is 25.4 Å². The van der Waals surface area contributed by atoms with Gasteiger partial charge in [0.2, 0.25) is 5.95 Å². The van der Waals surface area contributed by atoms with Crippen LogP contribution < -0.4 is 15.4 Å². The molecule has 0 aliphatic carbocycles. The zero-order valence-electron chi connectivity index (χ0n) is 19.9. The van der Waals surface area contributed by atoms with Gasteiger partial charge in [-0.15, -0.1) is 0 Å². The van der Waals surface area contributed by atoms with Crippen molar-refractivity contribution in [3.8, 4) is 11.5 Å². The lowest BCUT2D eigenvalue weighted by Crippen LogP contribution is -2.27. The highest BCUT2D eigenvalue weighted by Crippen LogP contribution is 2.38. The maximum absolute atomic E-state index is 6.77. The minimum absolute atomic E-state index is 0.0941. The Morgan fingerprint density at radius 1 is 1.11 bits per heavy atom. The number of halogens is 1. The van der Waals surface area contributed by atoms with Crippen LogP contribution in [0.2, 0.25) is 5.02 Å². The Hall–Kier alpha value is -3.86. The summed E-state index contributed by atoms with van der Waals surface area (Å²) in [6.45, 7) is 5.43. The smallest absolute Gasteiger partial charge is 0.210 e. The van der Waals surface area contributed by atoms with E-state index in [9.17, 15) is 0 Å². The SMILES string of the molecule is CNc1cn2ncc(Oc3cnc4nc(Nc5cc6n(n5)CCCC6(C)C)n(C)c4c3Cl)c2cn1. The molecule has 1 aliphatic rings. The highest BCUT2D eigenvalue weighted by atomic mass is 35.5. The maximum Gasteiger partial charge on any atom is 0.210 e. The number of anilines is 3. The highest BCUT2D eigenvalue weighted by Gasteiger charge is 2.29. The van der Waals surface area contributed by atoms with Crippen LogP contribution in [-0.4, -0.2) is 46.0 Å². The molecule has 0 radical (unpaired) electrons. The van der Waals surface area contributed by atoms with E-state index in [1.54, 1.807) is 36.4 Å². The third-order valence-corrected chi connectivity index (χ3v) is 6.90. The van der Waals surface area contributed by atoms with E-state index < -0.39 is 0 Å². The number of nitrogens with one attached hydrogen (secondary N) is 2. The second kappa shape index (κ2) is 7.84. The van der Waals surface area contributed by atoms with Gasteiger partial charge in [-0.3, -0.25) is 4.68 Å². The number of aryl methyl sites for hydroxylation is 2. The molecule has 11 nitrogen and oxygen atoms in total. The molecule has 5 aromatic heterocycles. The first-order valence-electron chi connectivity index (χ1n) is 11.4. The normalized spacial score (nSPS) is 14.9. The quantitative estimate of drug-likeness (QED) is 0.368. The summed E-state index contributed by atoms with van der Waals surface area (Å²) in [7, 11) is 3.68. The number of rotatable bonds is 5. The predicted molar refractivity (Wildman–Crippen MR) is 134 cm³/mol. The third-order valence-electron chi connectivity index (χ3n) is 6.54. The average Bonchev–Trinajstić information content (AvgIpc) is 3.52. The van der Waals surface area contributed by atoms with E-state index >= 15 is 0 Å². The molecule has 0 atom stereocenters. The van der Waals surface area contributed by atoms with Gasteiger partial charge in [0.25, 0.3) is 0 Å². The first kappa shape index (κ1) is 21.7. The van der Waals surface area contributed by atoms with Crippen LogP contribution in [0.5, 0.6) is 11.5 Å².